The molecule has 1 N–H and O–H groups in total. The van der Waals surface area contributed by atoms with Crippen LogP contribution in [0.5, 0.6) is 0 Å². The van der Waals surface area contributed by atoms with E-state index in [-0.39, 0.29) is 17.9 Å². The maximum Gasteiger partial charge on any atom is 0.407 e. The third kappa shape index (κ3) is 5.44. The molecule has 1 fully saturated rings. The maximum atomic E-state index is 12.1. The summed E-state index contributed by atoms with van der Waals surface area (Å²) in [6.45, 7) is 5.32. The Kier molecular flexibility index (Phi) is 6.05. The molecule has 2 amide bonds. The summed E-state index contributed by atoms with van der Waals surface area (Å²) < 4.78 is 5.23. The van der Waals surface area contributed by atoms with Crippen LogP contribution in [0.4, 0.5) is 4.79 Å². The summed E-state index contributed by atoms with van der Waals surface area (Å²) in [5.74, 6) is -0.157. The molecule has 124 valence electrons. The predicted molar refractivity (Wildman–Crippen MR) is 82.1 cm³/mol. The van der Waals surface area contributed by atoms with Crippen molar-refractivity contribution in [1.29, 1.82) is 0 Å². The van der Waals surface area contributed by atoms with Gasteiger partial charge in [-0.05, 0) is 45.6 Å². The molecule has 0 heterocycles. The van der Waals surface area contributed by atoms with E-state index in [0.717, 1.165) is 0 Å². The standard InChI is InChI=1S/C14H25N5O3/c1-14(2,3)22-13(21)16-11-8-9(12(20)19(4)5)6-7-10(11)17-18-15/h9-11H,6-8H2,1-5H3,(H,16,21)/t9-,10-,11+/m1/s1. The van der Waals surface area contributed by atoms with Crippen molar-refractivity contribution in [3.05, 3.63) is 10.4 Å². The Morgan fingerprint density at radius 2 is 1.95 bits per heavy atom. The molecule has 1 saturated carbocycles. The minimum Gasteiger partial charge on any atom is -0.444 e. The molecule has 0 unspecified atom stereocenters. The minimum absolute atomic E-state index is 0.0235. The van der Waals surface area contributed by atoms with E-state index in [9.17, 15) is 9.59 Å². The van der Waals surface area contributed by atoms with E-state index in [1.54, 1.807) is 39.8 Å². The number of ether oxygens (including phenoxy) is 1. The van der Waals surface area contributed by atoms with Crippen LogP contribution in [0.25, 0.3) is 10.4 Å². The Labute approximate surface area is 130 Å². The lowest BCUT2D eigenvalue weighted by Crippen LogP contribution is -2.49. The third-order valence-corrected chi connectivity index (χ3v) is 3.51. The predicted octanol–water partition coefficient (Wildman–Crippen LogP) is 2.45. The third-order valence-electron chi connectivity index (χ3n) is 3.51. The molecule has 1 aliphatic carbocycles. The molecular weight excluding hydrogens is 286 g/mol. The maximum absolute atomic E-state index is 12.1. The van der Waals surface area contributed by atoms with Gasteiger partial charge in [-0.25, -0.2) is 4.79 Å². The highest BCUT2D eigenvalue weighted by molar-refractivity contribution is 5.78. The van der Waals surface area contributed by atoms with E-state index in [2.05, 4.69) is 15.3 Å². The number of hydrogen-bond acceptors (Lipinski definition) is 4. The van der Waals surface area contributed by atoms with Crippen molar-refractivity contribution in [2.24, 2.45) is 11.0 Å². The van der Waals surface area contributed by atoms with Crippen molar-refractivity contribution in [3.63, 3.8) is 0 Å². The lowest BCUT2D eigenvalue weighted by atomic mass is 9.82. The number of nitrogens with zero attached hydrogens (tertiary/aromatic N) is 4. The summed E-state index contributed by atoms with van der Waals surface area (Å²) in [7, 11) is 3.41. The van der Waals surface area contributed by atoms with Crippen LogP contribution in [0.15, 0.2) is 5.11 Å². The van der Waals surface area contributed by atoms with Crippen LogP contribution in [-0.2, 0) is 9.53 Å². The van der Waals surface area contributed by atoms with E-state index in [1.165, 1.54) is 0 Å². The number of hydrogen-bond donors (Lipinski definition) is 1. The number of rotatable bonds is 3. The molecule has 0 aliphatic heterocycles. The van der Waals surface area contributed by atoms with Crippen LogP contribution in [-0.4, -0.2) is 48.7 Å². The lowest BCUT2D eigenvalue weighted by molar-refractivity contribution is -0.134. The molecule has 0 bridgehead atoms. The summed E-state index contributed by atoms with van der Waals surface area (Å²) in [6, 6.07) is -0.753. The number of amides is 2. The highest BCUT2D eigenvalue weighted by atomic mass is 16.6. The van der Waals surface area contributed by atoms with Crippen LogP contribution < -0.4 is 5.32 Å². The van der Waals surface area contributed by atoms with Crippen LogP contribution in [0.3, 0.4) is 0 Å². The molecular formula is C14H25N5O3. The fourth-order valence-electron chi connectivity index (χ4n) is 2.56. The number of azide groups is 1. The zero-order valence-electron chi connectivity index (χ0n) is 13.9. The van der Waals surface area contributed by atoms with E-state index in [4.69, 9.17) is 10.3 Å². The van der Waals surface area contributed by atoms with Crippen molar-refractivity contribution >= 4 is 12.0 Å². The quantitative estimate of drug-likeness (QED) is 0.491. The van der Waals surface area contributed by atoms with Gasteiger partial charge in [-0.1, -0.05) is 5.11 Å². The van der Waals surface area contributed by atoms with E-state index in [0.29, 0.717) is 19.3 Å². The van der Waals surface area contributed by atoms with Gasteiger partial charge in [0.05, 0.1) is 6.04 Å². The minimum atomic E-state index is -0.606. The van der Waals surface area contributed by atoms with Gasteiger partial charge in [-0.2, -0.15) is 0 Å². The smallest absolute Gasteiger partial charge is 0.407 e. The highest BCUT2D eigenvalue weighted by Gasteiger charge is 2.35. The van der Waals surface area contributed by atoms with E-state index >= 15 is 0 Å². The number of carbonyl (C=O) groups is 2. The summed E-state index contributed by atoms with van der Waals surface area (Å²) in [6.07, 6.45) is 1.09. The van der Waals surface area contributed by atoms with Crippen molar-refractivity contribution in [1.82, 2.24) is 10.2 Å². The van der Waals surface area contributed by atoms with Gasteiger partial charge in [0.2, 0.25) is 5.91 Å². The molecule has 8 nitrogen and oxygen atoms in total. The summed E-state index contributed by atoms with van der Waals surface area (Å²) in [5, 5.41) is 6.48. The molecule has 22 heavy (non-hydrogen) atoms. The van der Waals surface area contributed by atoms with Gasteiger partial charge in [0.15, 0.2) is 0 Å². The molecule has 3 atom stereocenters. The van der Waals surface area contributed by atoms with Gasteiger partial charge in [0.1, 0.15) is 5.60 Å². The van der Waals surface area contributed by atoms with Crippen molar-refractivity contribution in [2.45, 2.75) is 57.7 Å². The Morgan fingerprint density at radius 1 is 1.32 bits per heavy atom. The van der Waals surface area contributed by atoms with Gasteiger partial charge in [-0.3, -0.25) is 4.79 Å². The number of alkyl carbamates (subject to hydrolysis) is 1. The Morgan fingerprint density at radius 3 is 2.45 bits per heavy atom. The van der Waals surface area contributed by atoms with E-state index < -0.39 is 17.7 Å². The average molecular weight is 311 g/mol. The second kappa shape index (κ2) is 7.35. The molecule has 1 aliphatic rings. The molecule has 0 saturated heterocycles. The molecule has 0 aromatic rings. The van der Waals surface area contributed by atoms with Gasteiger partial charge < -0.3 is 15.0 Å². The number of carbonyl (C=O) groups excluding carboxylic acids is 2. The Balaban J connectivity index is 2.77. The Hall–Kier alpha value is -1.95. The monoisotopic (exact) mass is 311 g/mol. The molecule has 1 rings (SSSR count). The second-order valence-electron chi connectivity index (χ2n) is 6.77. The zero-order valence-corrected chi connectivity index (χ0v) is 13.9. The highest BCUT2D eigenvalue weighted by Crippen LogP contribution is 2.28. The first kappa shape index (κ1) is 18.1. The van der Waals surface area contributed by atoms with Gasteiger partial charge in [-0.15, -0.1) is 0 Å². The van der Waals surface area contributed by atoms with Gasteiger partial charge >= 0.3 is 6.09 Å². The molecule has 0 radical (unpaired) electrons. The average Bonchev–Trinajstić information content (AvgIpc) is 2.37. The fourth-order valence-corrected chi connectivity index (χ4v) is 2.56. The number of nitrogens with one attached hydrogen (secondary N) is 1. The topological polar surface area (TPSA) is 107 Å². The SMILES string of the molecule is CN(C)C(=O)[C@@H]1CC[C@@H](N=[N+]=[N-])[C@@H](NC(=O)OC(C)(C)C)C1. The lowest BCUT2D eigenvalue weighted by Gasteiger charge is -2.35. The molecule has 8 heteroatoms. The van der Waals surface area contributed by atoms with Crippen molar-refractivity contribution < 1.29 is 14.3 Å². The Bertz CT molecular complexity index is 466. The normalized spacial score (nSPS) is 24.9. The van der Waals surface area contributed by atoms with Crippen molar-refractivity contribution in [2.75, 3.05) is 14.1 Å². The first-order chi connectivity index (χ1) is 10.1. The second-order valence-corrected chi connectivity index (χ2v) is 6.77. The van der Waals surface area contributed by atoms with Gasteiger partial charge in [0.25, 0.3) is 0 Å². The molecule has 0 aromatic carbocycles. The van der Waals surface area contributed by atoms with Crippen LogP contribution in [0.2, 0.25) is 0 Å². The first-order valence-corrected chi connectivity index (χ1v) is 7.39. The van der Waals surface area contributed by atoms with E-state index in [1.807, 2.05) is 0 Å². The van der Waals surface area contributed by atoms with Crippen LogP contribution >= 0.6 is 0 Å². The zero-order chi connectivity index (χ0) is 16.9. The van der Waals surface area contributed by atoms with Crippen molar-refractivity contribution in [3.8, 4) is 0 Å². The fraction of sp³-hybridized carbons (Fsp3) is 0.857. The van der Waals surface area contributed by atoms with Crippen LogP contribution in [0.1, 0.15) is 40.0 Å². The summed E-state index contributed by atoms with van der Waals surface area (Å²) in [4.78, 5) is 28.4. The van der Waals surface area contributed by atoms with Gasteiger partial charge in [0, 0.05) is 31.0 Å². The molecule has 0 spiro atoms. The summed E-state index contributed by atoms with van der Waals surface area (Å²) >= 11 is 0. The first-order valence-electron chi connectivity index (χ1n) is 7.39. The summed E-state index contributed by atoms with van der Waals surface area (Å²) in [5.41, 5.74) is 8.05. The largest absolute Gasteiger partial charge is 0.444 e. The van der Waals surface area contributed by atoms with Crippen LogP contribution in [0, 0.1) is 5.92 Å². The molecule has 0 aromatic heterocycles.